The molecule has 1 heterocycles. The standard InChI is InChI=1S/C17H16F5N3O3/c1-2-25(9-14(26)17(20,21)22)16(27)24-15-8-12(3-4-23-15)28-13-6-10(18)5-11(19)7-13/h3-8,14,26H,2,9H2,1H3,(H,23,24,27)/t14-/m1/s1. The summed E-state index contributed by atoms with van der Waals surface area (Å²) in [5.74, 6) is -1.82. The van der Waals surface area contributed by atoms with Gasteiger partial charge in [-0.3, -0.25) is 5.32 Å². The number of halogens is 5. The van der Waals surface area contributed by atoms with Gasteiger partial charge < -0.3 is 14.7 Å². The number of aromatic nitrogens is 1. The minimum absolute atomic E-state index is 0.0701. The Labute approximate surface area is 156 Å². The Bertz CT molecular complexity index is 812. The van der Waals surface area contributed by atoms with Crippen molar-refractivity contribution in [1.29, 1.82) is 0 Å². The molecular weight excluding hydrogens is 389 g/mol. The molecule has 6 nitrogen and oxygen atoms in total. The van der Waals surface area contributed by atoms with Crippen LogP contribution in [0.5, 0.6) is 11.5 Å². The normalized spacial score (nSPS) is 12.4. The summed E-state index contributed by atoms with van der Waals surface area (Å²) in [6, 6.07) is 4.20. The van der Waals surface area contributed by atoms with E-state index in [1.54, 1.807) is 0 Å². The molecule has 1 atom stereocenters. The molecule has 0 aliphatic heterocycles. The van der Waals surface area contributed by atoms with E-state index < -0.39 is 36.5 Å². The number of pyridine rings is 1. The van der Waals surface area contributed by atoms with Crippen molar-refractivity contribution in [3.63, 3.8) is 0 Å². The van der Waals surface area contributed by atoms with E-state index in [1.165, 1.54) is 25.3 Å². The SMILES string of the molecule is CCN(C[C@@H](O)C(F)(F)F)C(=O)Nc1cc(Oc2cc(F)cc(F)c2)ccn1. The van der Waals surface area contributed by atoms with E-state index in [9.17, 15) is 26.7 Å². The van der Waals surface area contributed by atoms with Crippen LogP contribution >= 0.6 is 0 Å². The van der Waals surface area contributed by atoms with Crippen LogP contribution in [0.2, 0.25) is 0 Å². The van der Waals surface area contributed by atoms with E-state index >= 15 is 0 Å². The number of alkyl halides is 3. The number of hydrogen-bond donors (Lipinski definition) is 2. The molecule has 0 radical (unpaired) electrons. The predicted octanol–water partition coefficient (Wildman–Crippen LogP) is 3.93. The Morgan fingerprint density at radius 3 is 2.43 bits per heavy atom. The first-order chi connectivity index (χ1) is 13.1. The molecule has 0 aliphatic carbocycles. The van der Waals surface area contributed by atoms with Crippen LogP contribution in [0.1, 0.15) is 6.92 Å². The third-order valence-corrected chi connectivity index (χ3v) is 3.48. The Morgan fingerprint density at radius 1 is 1.21 bits per heavy atom. The fourth-order valence-corrected chi connectivity index (χ4v) is 2.12. The number of benzene rings is 1. The number of ether oxygens (including phenoxy) is 1. The van der Waals surface area contributed by atoms with Crippen molar-refractivity contribution in [2.75, 3.05) is 18.4 Å². The van der Waals surface area contributed by atoms with Gasteiger partial charge in [0.05, 0.1) is 6.54 Å². The Hall–Kier alpha value is -2.95. The number of aliphatic hydroxyl groups is 1. The maximum Gasteiger partial charge on any atom is 0.416 e. The monoisotopic (exact) mass is 405 g/mol. The lowest BCUT2D eigenvalue weighted by molar-refractivity contribution is -0.206. The van der Waals surface area contributed by atoms with Gasteiger partial charge in [-0.1, -0.05) is 0 Å². The van der Waals surface area contributed by atoms with Gasteiger partial charge in [-0.05, 0) is 13.0 Å². The number of nitrogens with one attached hydrogen (secondary N) is 1. The molecule has 1 aromatic carbocycles. The van der Waals surface area contributed by atoms with E-state index in [0.29, 0.717) is 6.07 Å². The van der Waals surface area contributed by atoms with Crippen LogP contribution in [0.3, 0.4) is 0 Å². The molecule has 0 unspecified atom stereocenters. The first kappa shape index (κ1) is 21.4. The van der Waals surface area contributed by atoms with E-state index in [4.69, 9.17) is 9.84 Å². The number of likely N-dealkylation sites (N-methyl/N-ethyl adjacent to an activating group) is 1. The second-order valence-electron chi connectivity index (χ2n) is 5.61. The number of hydrogen-bond acceptors (Lipinski definition) is 4. The Morgan fingerprint density at radius 2 is 1.86 bits per heavy atom. The summed E-state index contributed by atoms with van der Waals surface area (Å²) < 4.78 is 69.1. The molecule has 0 fully saturated rings. The molecule has 0 aliphatic rings. The number of nitrogens with zero attached hydrogens (tertiary/aromatic N) is 2. The van der Waals surface area contributed by atoms with Gasteiger partial charge >= 0.3 is 12.2 Å². The molecule has 152 valence electrons. The lowest BCUT2D eigenvalue weighted by Gasteiger charge is -2.25. The number of urea groups is 1. The molecule has 0 spiro atoms. The summed E-state index contributed by atoms with van der Waals surface area (Å²) in [6.07, 6.45) is -6.33. The molecule has 0 bridgehead atoms. The highest BCUT2D eigenvalue weighted by molar-refractivity contribution is 5.88. The van der Waals surface area contributed by atoms with Crippen LogP contribution in [0.15, 0.2) is 36.5 Å². The topological polar surface area (TPSA) is 74.7 Å². The van der Waals surface area contributed by atoms with Crippen molar-refractivity contribution in [2.24, 2.45) is 0 Å². The maximum absolute atomic E-state index is 13.2. The predicted molar refractivity (Wildman–Crippen MR) is 89.0 cm³/mol. The zero-order chi connectivity index (χ0) is 20.9. The van der Waals surface area contributed by atoms with Crippen LogP contribution in [0, 0.1) is 11.6 Å². The quantitative estimate of drug-likeness (QED) is 0.715. The van der Waals surface area contributed by atoms with Crippen LogP contribution in [0.4, 0.5) is 32.6 Å². The molecule has 2 rings (SSSR count). The third-order valence-electron chi connectivity index (χ3n) is 3.48. The average Bonchev–Trinajstić information content (AvgIpc) is 2.57. The molecule has 0 saturated carbocycles. The number of carbonyl (C=O) groups is 1. The number of aliphatic hydroxyl groups excluding tert-OH is 1. The van der Waals surface area contributed by atoms with Crippen molar-refractivity contribution < 1.29 is 36.6 Å². The molecule has 2 N–H and O–H groups in total. The smallest absolute Gasteiger partial charge is 0.416 e. The zero-order valence-corrected chi connectivity index (χ0v) is 14.5. The number of amides is 2. The zero-order valence-electron chi connectivity index (χ0n) is 14.5. The van der Waals surface area contributed by atoms with Gasteiger partial charge in [-0.2, -0.15) is 13.2 Å². The van der Waals surface area contributed by atoms with Gasteiger partial charge in [0.25, 0.3) is 0 Å². The fraction of sp³-hybridized carbons (Fsp3) is 0.294. The van der Waals surface area contributed by atoms with Gasteiger partial charge in [0.15, 0.2) is 6.10 Å². The first-order valence-corrected chi connectivity index (χ1v) is 7.99. The minimum Gasteiger partial charge on any atom is -0.457 e. The van der Waals surface area contributed by atoms with E-state index in [2.05, 4.69) is 10.3 Å². The van der Waals surface area contributed by atoms with Gasteiger partial charge in [0.1, 0.15) is 29.0 Å². The lowest BCUT2D eigenvalue weighted by atomic mass is 10.3. The highest BCUT2D eigenvalue weighted by Gasteiger charge is 2.39. The summed E-state index contributed by atoms with van der Waals surface area (Å²) in [6.45, 7) is 0.385. The van der Waals surface area contributed by atoms with Gasteiger partial charge in [-0.15, -0.1) is 0 Å². The molecule has 11 heteroatoms. The van der Waals surface area contributed by atoms with E-state index in [-0.39, 0.29) is 23.9 Å². The first-order valence-electron chi connectivity index (χ1n) is 7.99. The van der Waals surface area contributed by atoms with Crippen LogP contribution in [-0.4, -0.2) is 46.4 Å². The summed E-state index contributed by atoms with van der Waals surface area (Å²) >= 11 is 0. The maximum atomic E-state index is 13.2. The molecule has 0 saturated heterocycles. The van der Waals surface area contributed by atoms with Crippen molar-refractivity contribution in [3.05, 3.63) is 48.2 Å². The minimum atomic E-state index is -4.86. The lowest BCUT2D eigenvalue weighted by Crippen LogP contribution is -2.45. The average molecular weight is 405 g/mol. The van der Waals surface area contributed by atoms with E-state index in [1.807, 2.05) is 0 Å². The van der Waals surface area contributed by atoms with Crippen molar-refractivity contribution in [1.82, 2.24) is 9.88 Å². The summed E-state index contributed by atoms with van der Waals surface area (Å²) in [5.41, 5.74) is 0. The highest BCUT2D eigenvalue weighted by Crippen LogP contribution is 2.25. The number of carbonyl (C=O) groups excluding carboxylic acids is 1. The third kappa shape index (κ3) is 6.05. The number of anilines is 1. The number of rotatable bonds is 6. The second kappa shape index (κ2) is 8.83. The largest absolute Gasteiger partial charge is 0.457 e. The fourth-order valence-electron chi connectivity index (χ4n) is 2.12. The summed E-state index contributed by atoms with van der Waals surface area (Å²) in [5, 5.41) is 11.4. The van der Waals surface area contributed by atoms with Gasteiger partial charge in [0.2, 0.25) is 0 Å². The highest BCUT2D eigenvalue weighted by atomic mass is 19.4. The van der Waals surface area contributed by atoms with Gasteiger partial charge in [-0.25, -0.2) is 18.6 Å². The molecular formula is C17H16F5N3O3. The summed E-state index contributed by atoms with van der Waals surface area (Å²) in [4.78, 5) is 16.7. The molecule has 1 aromatic heterocycles. The van der Waals surface area contributed by atoms with Crippen LogP contribution in [-0.2, 0) is 0 Å². The molecule has 2 aromatic rings. The molecule has 28 heavy (non-hydrogen) atoms. The van der Waals surface area contributed by atoms with Crippen molar-refractivity contribution in [2.45, 2.75) is 19.2 Å². The van der Waals surface area contributed by atoms with Crippen molar-refractivity contribution >= 4 is 11.8 Å². The second-order valence-corrected chi connectivity index (χ2v) is 5.61. The van der Waals surface area contributed by atoms with Crippen molar-refractivity contribution in [3.8, 4) is 11.5 Å². The Balaban J connectivity index is 2.07. The van der Waals surface area contributed by atoms with E-state index in [0.717, 1.165) is 17.0 Å². The molecule has 2 amide bonds. The van der Waals surface area contributed by atoms with Gasteiger partial charge in [0, 0.05) is 37.0 Å². The Kier molecular flexibility index (Phi) is 6.73. The van der Waals surface area contributed by atoms with Crippen LogP contribution < -0.4 is 10.1 Å². The van der Waals surface area contributed by atoms with Crippen LogP contribution in [0.25, 0.3) is 0 Å². The summed E-state index contributed by atoms with van der Waals surface area (Å²) in [7, 11) is 0.